The molecule has 1 aromatic carbocycles. The van der Waals surface area contributed by atoms with Crippen molar-refractivity contribution in [2.75, 3.05) is 32.7 Å². The lowest BCUT2D eigenvalue weighted by Gasteiger charge is -2.29. The zero-order valence-corrected chi connectivity index (χ0v) is 26.8. The molecule has 1 saturated heterocycles. The topological polar surface area (TPSA) is 266 Å². The van der Waals surface area contributed by atoms with Crippen LogP contribution in [0.15, 0.2) is 40.3 Å². The number of aliphatic imine (C=N–C) groups is 2. The van der Waals surface area contributed by atoms with Crippen molar-refractivity contribution in [3.63, 3.8) is 0 Å². The molecule has 1 heterocycles. The highest BCUT2D eigenvalue weighted by atomic mass is 16.5. The van der Waals surface area contributed by atoms with Crippen LogP contribution in [-0.2, 0) is 19.2 Å². The van der Waals surface area contributed by atoms with Gasteiger partial charge in [-0.25, -0.2) is 0 Å². The van der Waals surface area contributed by atoms with Crippen LogP contribution in [0.25, 0.3) is 0 Å². The summed E-state index contributed by atoms with van der Waals surface area (Å²) in [5.74, 6) is -2.01. The molecule has 13 N–H and O–H groups in total. The van der Waals surface area contributed by atoms with E-state index in [0.29, 0.717) is 25.1 Å². The Morgan fingerprint density at radius 3 is 2.00 bits per heavy atom. The summed E-state index contributed by atoms with van der Waals surface area (Å²) in [6.45, 7) is 5.45. The van der Waals surface area contributed by atoms with Gasteiger partial charge < -0.3 is 48.9 Å². The van der Waals surface area contributed by atoms with E-state index in [0.717, 1.165) is 25.9 Å². The number of benzene rings is 1. The molecule has 46 heavy (non-hydrogen) atoms. The average molecular weight is 646 g/mol. The fourth-order valence-electron chi connectivity index (χ4n) is 4.78. The molecule has 0 radical (unpaired) electrons. The van der Waals surface area contributed by atoms with Crippen LogP contribution in [0.3, 0.4) is 0 Å². The SMILES string of the molecule is CC(C)[C@H](NC(=O)[C@H](CCCN=C(N)N)NCC(=O)Oc1ccccc1)C(=O)N[C@@H](CCCN=C(N)N)C(=O)NC1CCNCC1. The van der Waals surface area contributed by atoms with Gasteiger partial charge in [0, 0.05) is 19.1 Å². The summed E-state index contributed by atoms with van der Waals surface area (Å²) in [5.41, 5.74) is 21.7. The van der Waals surface area contributed by atoms with Gasteiger partial charge >= 0.3 is 5.97 Å². The van der Waals surface area contributed by atoms with E-state index >= 15 is 0 Å². The molecule has 0 aromatic heterocycles. The molecule has 16 nitrogen and oxygen atoms in total. The highest BCUT2D eigenvalue weighted by Crippen LogP contribution is 2.10. The van der Waals surface area contributed by atoms with Crippen LogP contribution in [0.2, 0.25) is 0 Å². The fraction of sp³-hybridized carbons (Fsp3) is 0.600. The summed E-state index contributed by atoms with van der Waals surface area (Å²) in [6.07, 6.45) is 2.98. The normalized spacial score (nSPS) is 15.1. The third-order valence-electron chi connectivity index (χ3n) is 7.24. The molecule has 1 aromatic rings. The molecule has 0 bridgehead atoms. The van der Waals surface area contributed by atoms with Crippen molar-refractivity contribution in [2.24, 2.45) is 38.8 Å². The van der Waals surface area contributed by atoms with E-state index in [-0.39, 0.29) is 55.7 Å². The number of nitrogens with two attached hydrogens (primary N) is 4. The van der Waals surface area contributed by atoms with E-state index in [2.05, 4.69) is 36.6 Å². The highest BCUT2D eigenvalue weighted by Gasteiger charge is 2.31. The Kier molecular flexibility index (Phi) is 16.9. The first kappa shape index (κ1) is 37.7. The molecule has 1 aliphatic rings. The molecule has 1 fully saturated rings. The Labute approximate surface area is 270 Å². The lowest BCUT2D eigenvalue weighted by molar-refractivity contribution is -0.135. The number of hydrogen-bond acceptors (Lipinski definition) is 9. The predicted molar refractivity (Wildman–Crippen MR) is 176 cm³/mol. The van der Waals surface area contributed by atoms with Gasteiger partial charge in [0.1, 0.15) is 17.8 Å². The number of guanidine groups is 2. The quantitative estimate of drug-likeness (QED) is 0.0265. The molecule has 3 atom stereocenters. The minimum Gasteiger partial charge on any atom is -0.426 e. The van der Waals surface area contributed by atoms with Crippen LogP contribution < -0.4 is 54.3 Å². The Bertz CT molecular complexity index is 1170. The molecule has 0 spiro atoms. The Hall–Kier alpha value is -4.44. The lowest BCUT2D eigenvalue weighted by Crippen LogP contribution is -2.59. The van der Waals surface area contributed by atoms with Gasteiger partial charge in [0.25, 0.3) is 0 Å². The third-order valence-corrected chi connectivity index (χ3v) is 7.24. The zero-order valence-electron chi connectivity index (χ0n) is 26.8. The van der Waals surface area contributed by atoms with Crippen molar-refractivity contribution in [3.8, 4) is 5.75 Å². The van der Waals surface area contributed by atoms with Crippen LogP contribution >= 0.6 is 0 Å². The van der Waals surface area contributed by atoms with Gasteiger partial charge in [0.15, 0.2) is 11.9 Å². The van der Waals surface area contributed by atoms with Crippen molar-refractivity contribution in [3.05, 3.63) is 30.3 Å². The second-order valence-corrected chi connectivity index (χ2v) is 11.4. The van der Waals surface area contributed by atoms with Crippen LogP contribution in [0.1, 0.15) is 52.4 Å². The van der Waals surface area contributed by atoms with Crippen LogP contribution in [0.4, 0.5) is 0 Å². The number of carbonyl (C=O) groups is 4. The second kappa shape index (κ2) is 20.6. The summed E-state index contributed by atoms with van der Waals surface area (Å²) >= 11 is 0. The number of nitrogens with one attached hydrogen (secondary N) is 5. The molecular weight excluding hydrogens is 594 g/mol. The number of esters is 1. The smallest absolute Gasteiger partial charge is 0.325 e. The van der Waals surface area contributed by atoms with Gasteiger partial charge in [0.05, 0.1) is 12.6 Å². The average Bonchev–Trinajstić information content (AvgIpc) is 3.01. The summed E-state index contributed by atoms with van der Waals surface area (Å²) in [6, 6.07) is 5.83. The predicted octanol–water partition coefficient (Wildman–Crippen LogP) is -1.85. The van der Waals surface area contributed by atoms with E-state index in [4.69, 9.17) is 27.7 Å². The Morgan fingerprint density at radius 1 is 0.848 bits per heavy atom. The molecule has 0 unspecified atom stereocenters. The van der Waals surface area contributed by atoms with E-state index in [1.165, 1.54) is 0 Å². The number of hydrogen-bond donors (Lipinski definition) is 9. The zero-order chi connectivity index (χ0) is 33.9. The van der Waals surface area contributed by atoms with Crippen molar-refractivity contribution in [1.29, 1.82) is 0 Å². The second-order valence-electron chi connectivity index (χ2n) is 11.4. The number of amides is 3. The van der Waals surface area contributed by atoms with Gasteiger partial charge in [-0.05, 0) is 69.7 Å². The van der Waals surface area contributed by atoms with Crippen LogP contribution in [0, 0.1) is 5.92 Å². The maximum Gasteiger partial charge on any atom is 0.325 e. The van der Waals surface area contributed by atoms with Crippen molar-refractivity contribution >= 4 is 35.6 Å². The maximum absolute atomic E-state index is 13.6. The molecule has 256 valence electrons. The van der Waals surface area contributed by atoms with Crippen molar-refractivity contribution in [2.45, 2.75) is 76.5 Å². The summed E-state index contributed by atoms with van der Waals surface area (Å²) in [5, 5.41) is 14.8. The number of ether oxygens (including phenoxy) is 1. The van der Waals surface area contributed by atoms with Crippen LogP contribution in [-0.4, -0.2) is 92.5 Å². The minimum atomic E-state index is -0.974. The maximum atomic E-state index is 13.6. The third kappa shape index (κ3) is 15.0. The number of rotatable bonds is 19. The largest absolute Gasteiger partial charge is 0.426 e. The monoisotopic (exact) mass is 645 g/mol. The van der Waals surface area contributed by atoms with Gasteiger partial charge in [-0.2, -0.15) is 0 Å². The summed E-state index contributed by atoms with van der Waals surface area (Å²) < 4.78 is 5.32. The summed E-state index contributed by atoms with van der Waals surface area (Å²) in [4.78, 5) is 60.7. The first-order chi connectivity index (χ1) is 22.0. The number of para-hydroxylation sites is 1. The fourth-order valence-corrected chi connectivity index (χ4v) is 4.78. The highest BCUT2D eigenvalue weighted by molar-refractivity contribution is 5.93. The van der Waals surface area contributed by atoms with Gasteiger partial charge in [-0.1, -0.05) is 32.0 Å². The first-order valence-corrected chi connectivity index (χ1v) is 15.7. The molecule has 0 aliphatic carbocycles. The molecule has 2 rings (SSSR count). The number of carbonyl (C=O) groups excluding carboxylic acids is 4. The van der Waals surface area contributed by atoms with Gasteiger partial charge in [0.2, 0.25) is 17.7 Å². The Morgan fingerprint density at radius 2 is 1.43 bits per heavy atom. The summed E-state index contributed by atoms with van der Waals surface area (Å²) in [7, 11) is 0. The minimum absolute atomic E-state index is 0.00849. The van der Waals surface area contributed by atoms with Gasteiger partial charge in [-0.15, -0.1) is 0 Å². The molecule has 1 aliphatic heterocycles. The van der Waals surface area contributed by atoms with Crippen molar-refractivity contribution < 1.29 is 23.9 Å². The van der Waals surface area contributed by atoms with Gasteiger partial charge in [-0.3, -0.25) is 34.5 Å². The van der Waals surface area contributed by atoms with Crippen molar-refractivity contribution in [1.82, 2.24) is 26.6 Å². The molecule has 16 heteroatoms. The van der Waals surface area contributed by atoms with E-state index < -0.39 is 35.9 Å². The van der Waals surface area contributed by atoms with E-state index in [1.807, 2.05) is 0 Å². The molecule has 0 saturated carbocycles. The lowest BCUT2D eigenvalue weighted by atomic mass is 10.0. The van der Waals surface area contributed by atoms with E-state index in [9.17, 15) is 19.2 Å². The molecule has 3 amide bonds. The number of nitrogens with zero attached hydrogens (tertiary/aromatic N) is 2. The molecular formula is C30H51N11O5. The Balaban J connectivity index is 2.11. The van der Waals surface area contributed by atoms with E-state index in [1.54, 1.807) is 44.2 Å². The van der Waals surface area contributed by atoms with Crippen LogP contribution in [0.5, 0.6) is 5.75 Å². The number of piperidine rings is 1. The first-order valence-electron chi connectivity index (χ1n) is 15.7. The standard InChI is InChI=1S/C30H51N11O5/c1-19(2)25(28(45)40-23(11-7-15-37-30(33)34)27(44)39-20-12-16-35-17-13-20)41-26(43)22(10-6-14-36-29(31)32)38-18-24(42)46-21-8-4-3-5-9-21/h3-5,8-9,19-20,22-23,25,35,38H,6-7,10-18H2,1-2H3,(H,39,44)(H,40,45)(H,41,43)(H4,31,32,36)(H4,33,34,37)/t22-,23-,25-/m0/s1.